The lowest BCUT2D eigenvalue weighted by atomic mass is 9.98. The molecule has 2 aliphatic heterocycles. The van der Waals surface area contributed by atoms with Gasteiger partial charge in [-0.15, -0.1) is 0 Å². The molecule has 1 amide bonds. The molecule has 3 aromatic rings. The predicted octanol–water partition coefficient (Wildman–Crippen LogP) is 4.37. The number of fused-ring (bicyclic) bond motifs is 2. The monoisotopic (exact) mass is 472 g/mol. The number of benzene rings is 2. The third-order valence-electron chi connectivity index (χ3n) is 6.09. The minimum Gasteiger partial charge on any atom is -0.450 e. The van der Waals surface area contributed by atoms with Crippen molar-refractivity contribution in [3.8, 4) is 0 Å². The highest BCUT2D eigenvalue weighted by Gasteiger charge is 2.42. The quantitative estimate of drug-likeness (QED) is 0.551. The van der Waals surface area contributed by atoms with Crippen LogP contribution in [0.4, 0.5) is 0 Å². The number of ether oxygens (including phenoxy) is 1. The smallest absolute Gasteiger partial charge is 0.290 e. The molecule has 166 valence electrons. The maximum absolute atomic E-state index is 13.5. The van der Waals surface area contributed by atoms with Crippen molar-refractivity contribution in [2.75, 3.05) is 39.4 Å². The van der Waals surface area contributed by atoms with Gasteiger partial charge in [-0.05, 0) is 42.3 Å². The topological polar surface area (TPSA) is 63.0 Å². The molecule has 6 nitrogen and oxygen atoms in total. The summed E-state index contributed by atoms with van der Waals surface area (Å²) in [5, 5.41) is 1.41. The van der Waals surface area contributed by atoms with Crippen molar-refractivity contribution in [3.05, 3.63) is 79.6 Å². The average Bonchev–Trinajstić information content (AvgIpc) is 3.08. The summed E-state index contributed by atoms with van der Waals surface area (Å²) in [4.78, 5) is 31.0. The lowest BCUT2D eigenvalue weighted by Crippen LogP contribution is -2.38. The van der Waals surface area contributed by atoms with Crippen LogP contribution in [0.5, 0.6) is 0 Å². The van der Waals surface area contributed by atoms with Gasteiger partial charge in [-0.3, -0.25) is 14.5 Å². The van der Waals surface area contributed by atoms with E-state index >= 15 is 0 Å². The fraction of sp³-hybridized carbons (Fsp3) is 0.333. The summed E-state index contributed by atoms with van der Waals surface area (Å²) in [6.45, 7) is 4.60. The van der Waals surface area contributed by atoms with Crippen LogP contribution in [-0.4, -0.2) is 55.1 Å². The molecule has 1 aromatic heterocycles. The Kier molecular flexibility index (Phi) is 5.95. The molecule has 0 saturated carbocycles. The first-order chi connectivity index (χ1) is 15.5. The highest BCUT2D eigenvalue weighted by atomic mass is 35.5. The molecule has 2 aromatic carbocycles. The summed E-state index contributed by atoms with van der Waals surface area (Å²) in [6, 6.07) is 11.6. The summed E-state index contributed by atoms with van der Waals surface area (Å²) in [5.74, 6) is -0.160. The largest absolute Gasteiger partial charge is 0.450 e. The zero-order valence-electron chi connectivity index (χ0n) is 17.4. The zero-order chi connectivity index (χ0) is 22.2. The second-order valence-electron chi connectivity index (χ2n) is 8.07. The minimum absolute atomic E-state index is 0.108. The van der Waals surface area contributed by atoms with Gasteiger partial charge in [-0.25, -0.2) is 0 Å². The zero-order valence-corrected chi connectivity index (χ0v) is 18.9. The molecule has 1 fully saturated rings. The Hall–Kier alpha value is -2.38. The molecule has 32 heavy (non-hydrogen) atoms. The molecule has 0 bridgehead atoms. The van der Waals surface area contributed by atoms with Gasteiger partial charge < -0.3 is 14.1 Å². The molecule has 0 spiro atoms. The molecule has 5 rings (SSSR count). The number of amides is 1. The molecule has 0 aliphatic carbocycles. The standard InChI is InChI=1S/C24H22Cl2N2O4/c25-16-4-2-15(3-5-16)21-20-22(29)18-14-17(26)6-7-19(18)32-23(20)24(30)28(21)9-1-8-27-10-12-31-13-11-27/h2-7,14,21H,1,8-13H2/t21-/m1/s1. The Bertz CT molecular complexity index is 1220. The first kappa shape index (κ1) is 21.5. The van der Waals surface area contributed by atoms with E-state index in [0.29, 0.717) is 33.1 Å². The Balaban J connectivity index is 1.53. The Morgan fingerprint density at radius 1 is 0.938 bits per heavy atom. The number of hydrogen-bond donors (Lipinski definition) is 0. The van der Waals surface area contributed by atoms with Crippen LogP contribution < -0.4 is 5.43 Å². The predicted molar refractivity (Wildman–Crippen MR) is 124 cm³/mol. The Morgan fingerprint density at radius 3 is 2.41 bits per heavy atom. The summed E-state index contributed by atoms with van der Waals surface area (Å²) >= 11 is 12.2. The lowest BCUT2D eigenvalue weighted by molar-refractivity contribution is 0.0353. The van der Waals surface area contributed by atoms with Crippen molar-refractivity contribution in [2.45, 2.75) is 12.5 Å². The third kappa shape index (κ3) is 3.92. The maximum Gasteiger partial charge on any atom is 0.290 e. The number of halogens is 2. The van der Waals surface area contributed by atoms with E-state index in [1.165, 1.54) is 0 Å². The SMILES string of the molecule is O=C1c2oc3ccc(Cl)cc3c(=O)c2[C@@H](c2ccc(Cl)cc2)N1CCCN1CCOCC1. The molecular weight excluding hydrogens is 451 g/mol. The summed E-state index contributed by atoms with van der Waals surface area (Å²) in [6.07, 6.45) is 0.781. The van der Waals surface area contributed by atoms with E-state index in [1.807, 2.05) is 12.1 Å². The second-order valence-corrected chi connectivity index (χ2v) is 8.95. The number of hydrogen-bond acceptors (Lipinski definition) is 5. The highest BCUT2D eigenvalue weighted by Crippen LogP contribution is 2.38. The van der Waals surface area contributed by atoms with Crippen LogP contribution in [0, 0.1) is 0 Å². The van der Waals surface area contributed by atoms with Gasteiger partial charge in [-0.1, -0.05) is 35.3 Å². The molecule has 2 aliphatic rings. The normalized spacial score (nSPS) is 19.0. The molecular formula is C24H22Cl2N2O4. The van der Waals surface area contributed by atoms with Crippen LogP contribution in [0.3, 0.4) is 0 Å². The Labute approximate surface area is 195 Å². The fourth-order valence-corrected chi connectivity index (χ4v) is 4.80. The van der Waals surface area contributed by atoms with Crippen molar-refractivity contribution >= 4 is 40.1 Å². The van der Waals surface area contributed by atoms with Crippen molar-refractivity contribution < 1.29 is 13.9 Å². The van der Waals surface area contributed by atoms with Crippen molar-refractivity contribution in [1.29, 1.82) is 0 Å². The van der Waals surface area contributed by atoms with Crippen LogP contribution in [-0.2, 0) is 4.74 Å². The van der Waals surface area contributed by atoms with Crippen LogP contribution in [0.1, 0.15) is 34.1 Å². The van der Waals surface area contributed by atoms with Crippen LogP contribution in [0.2, 0.25) is 10.0 Å². The van der Waals surface area contributed by atoms with E-state index < -0.39 is 6.04 Å². The van der Waals surface area contributed by atoms with E-state index in [4.69, 9.17) is 32.4 Å². The second kappa shape index (κ2) is 8.87. The maximum atomic E-state index is 13.5. The molecule has 8 heteroatoms. The van der Waals surface area contributed by atoms with Crippen LogP contribution in [0.25, 0.3) is 11.0 Å². The fourth-order valence-electron chi connectivity index (χ4n) is 4.50. The summed E-state index contributed by atoms with van der Waals surface area (Å²) in [5.41, 5.74) is 1.31. The van der Waals surface area contributed by atoms with Gasteiger partial charge >= 0.3 is 0 Å². The number of nitrogens with zero attached hydrogens (tertiary/aromatic N) is 2. The van der Waals surface area contributed by atoms with Crippen LogP contribution in [0.15, 0.2) is 51.7 Å². The number of rotatable bonds is 5. The van der Waals surface area contributed by atoms with Gasteiger partial charge in [-0.2, -0.15) is 0 Å². The van der Waals surface area contributed by atoms with Crippen molar-refractivity contribution in [3.63, 3.8) is 0 Å². The van der Waals surface area contributed by atoms with Gasteiger partial charge in [0.2, 0.25) is 5.76 Å². The first-order valence-electron chi connectivity index (χ1n) is 10.7. The van der Waals surface area contributed by atoms with Gasteiger partial charge in [0.05, 0.1) is 30.2 Å². The molecule has 0 radical (unpaired) electrons. The molecule has 1 atom stereocenters. The summed E-state index contributed by atoms with van der Waals surface area (Å²) in [7, 11) is 0. The van der Waals surface area contributed by atoms with E-state index in [1.54, 1.807) is 35.2 Å². The van der Waals surface area contributed by atoms with Gasteiger partial charge in [0.1, 0.15) is 5.58 Å². The van der Waals surface area contributed by atoms with Crippen molar-refractivity contribution in [2.24, 2.45) is 0 Å². The number of carbonyl (C=O) groups excluding carboxylic acids is 1. The van der Waals surface area contributed by atoms with Gasteiger partial charge in [0.15, 0.2) is 5.43 Å². The van der Waals surface area contributed by atoms with Gasteiger partial charge in [0, 0.05) is 36.2 Å². The van der Waals surface area contributed by atoms with Gasteiger partial charge in [0.25, 0.3) is 5.91 Å². The molecule has 1 saturated heterocycles. The van der Waals surface area contributed by atoms with E-state index in [9.17, 15) is 9.59 Å². The average molecular weight is 473 g/mol. The van der Waals surface area contributed by atoms with E-state index in [0.717, 1.165) is 44.8 Å². The molecule has 3 heterocycles. The van der Waals surface area contributed by atoms with Crippen molar-refractivity contribution in [1.82, 2.24) is 9.80 Å². The summed E-state index contributed by atoms with van der Waals surface area (Å²) < 4.78 is 11.4. The molecule has 0 N–H and O–H groups in total. The molecule has 0 unspecified atom stereocenters. The minimum atomic E-state index is -0.529. The lowest BCUT2D eigenvalue weighted by Gasteiger charge is -2.29. The number of carbonyl (C=O) groups is 1. The van der Waals surface area contributed by atoms with Crippen LogP contribution >= 0.6 is 23.2 Å². The highest BCUT2D eigenvalue weighted by molar-refractivity contribution is 6.31. The van der Waals surface area contributed by atoms with E-state index in [2.05, 4.69) is 4.90 Å². The van der Waals surface area contributed by atoms with E-state index in [-0.39, 0.29) is 17.1 Å². The number of morpholine rings is 1. The first-order valence-corrected chi connectivity index (χ1v) is 11.4. The Morgan fingerprint density at radius 2 is 1.66 bits per heavy atom. The third-order valence-corrected chi connectivity index (χ3v) is 6.58.